The Hall–Kier alpha value is -8.34. The summed E-state index contributed by atoms with van der Waals surface area (Å²) in [5, 5.41) is 30.4. The van der Waals surface area contributed by atoms with Gasteiger partial charge in [0.25, 0.3) is 11.8 Å². The number of amides is 4. The molecule has 2 heterocycles. The molecule has 78 heavy (non-hydrogen) atoms. The van der Waals surface area contributed by atoms with Gasteiger partial charge in [0.1, 0.15) is 17.1 Å². The van der Waals surface area contributed by atoms with Gasteiger partial charge in [-0.2, -0.15) is 10.2 Å². The summed E-state index contributed by atoms with van der Waals surface area (Å²) < 4.78 is 92.0. The van der Waals surface area contributed by atoms with Crippen molar-refractivity contribution >= 4 is 80.2 Å². The molecular weight excluding hydrogens is 1070 g/mol. The maximum absolute atomic E-state index is 13.2. The molecule has 0 fully saturated rings. The van der Waals surface area contributed by atoms with Crippen LogP contribution in [0.2, 0.25) is 10.0 Å². The highest BCUT2D eigenvalue weighted by Crippen LogP contribution is 2.32. The minimum Gasteiger partial charge on any atom is -0.444 e. The van der Waals surface area contributed by atoms with Crippen molar-refractivity contribution in [3.05, 3.63) is 166 Å². The maximum atomic E-state index is 13.2. The van der Waals surface area contributed by atoms with Gasteiger partial charge in [0.05, 0.1) is 79.4 Å². The molecule has 2 aromatic heterocycles. The van der Waals surface area contributed by atoms with E-state index < -0.39 is 47.4 Å². The van der Waals surface area contributed by atoms with Crippen LogP contribution in [0.25, 0.3) is 33.2 Å². The van der Waals surface area contributed by atoms with E-state index in [1.807, 2.05) is 0 Å². The normalized spacial score (nSPS) is 11.8. The highest BCUT2D eigenvalue weighted by atomic mass is 35.5. The number of hydrogen-bond donors (Lipinski definition) is 5. The maximum Gasteiger partial charge on any atom is 0.573 e. The van der Waals surface area contributed by atoms with Crippen LogP contribution in [0.15, 0.2) is 134 Å². The fraction of sp³-hybridized carbons (Fsp3) is 0.222. The first-order valence-electron chi connectivity index (χ1n) is 23.4. The summed E-state index contributed by atoms with van der Waals surface area (Å²) in [6.07, 6.45) is -7.28. The first kappa shape index (κ1) is 57.4. The molecule has 5 N–H and O–H groups in total. The second-order valence-electron chi connectivity index (χ2n) is 18.8. The highest BCUT2D eigenvalue weighted by molar-refractivity contribution is 6.35. The third kappa shape index (κ3) is 15.0. The zero-order valence-corrected chi connectivity index (χ0v) is 43.5. The lowest BCUT2D eigenvalue weighted by atomic mass is 9.93. The molecule has 0 spiro atoms. The van der Waals surface area contributed by atoms with Crippen LogP contribution in [0, 0.1) is 5.41 Å². The lowest BCUT2D eigenvalue weighted by Crippen LogP contribution is -2.38. The third-order valence-electron chi connectivity index (χ3n) is 11.2. The smallest absolute Gasteiger partial charge is 0.444 e. The Morgan fingerprint density at radius 3 is 1.41 bits per heavy atom. The van der Waals surface area contributed by atoms with Gasteiger partial charge in [-0.15, -0.1) is 26.3 Å². The van der Waals surface area contributed by atoms with Crippen molar-refractivity contribution in [2.75, 3.05) is 17.2 Å². The molecule has 24 heteroatoms. The van der Waals surface area contributed by atoms with Crippen LogP contribution >= 0.6 is 23.2 Å². The van der Waals surface area contributed by atoms with E-state index in [9.17, 15) is 50.6 Å². The summed E-state index contributed by atoms with van der Waals surface area (Å²) >= 11 is 12.6. The average molecular weight is 1120 g/mol. The minimum absolute atomic E-state index is 0.117. The first-order valence-corrected chi connectivity index (χ1v) is 24.1. The number of alkyl halides is 6. The molecule has 408 valence electrons. The van der Waals surface area contributed by atoms with Crippen LogP contribution in [0.1, 0.15) is 66.5 Å². The Kier molecular flexibility index (Phi) is 17.3. The van der Waals surface area contributed by atoms with Gasteiger partial charge < -0.3 is 40.6 Å². The Labute approximate surface area is 451 Å². The fourth-order valence-electron chi connectivity index (χ4n) is 7.43. The van der Waals surface area contributed by atoms with E-state index in [4.69, 9.17) is 27.9 Å². The number of hydrogen-bond acceptors (Lipinski definition) is 10. The van der Waals surface area contributed by atoms with Gasteiger partial charge in [-0.05, 0) is 119 Å². The van der Waals surface area contributed by atoms with Gasteiger partial charge in [0.2, 0.25) is 5.91 Å². The van der Waals surface area contributed by atoms with Gasteiger partial charge in [-0.25, -0.2) is 14.2 Å². The van der Waals surface area contributed by atoms with Gasteiger partial charge in [0, 0.05) is 36.0 Å². The summed E-state index contributed by atoms with van der Waals surface area (Å²) in [4.78, 5) is 50.5. The number of alkyl carbamates (subject to hydrolysis) is 1. The molecule has 0 bridgehead atoms. The largest absolute Gasteiger partial charge is 0.573 e. The molecule has 0 radical (unpaired) electrons. The molecule has 0 aliphatic rings. The standard InChI is InChI=1S/2C27H24ClF3N4O4/c1-26(2,3)39-25(37)32-14-16-10-11-21(28)19(12-16)24(36)34-22-8-5-9-23-20(22)15-33-35(23)17-6-4-7-18(13-17)38-27(29,30)31;1-26(2,15-36)25(38)32-13-16-9-10-21(28)19(11-16)24(37)34-22-7-4-8-23-20(22)14-33-35(23)17-5-3-6-18(12-17)39-27(29,30)31/h4-13,15H,14H2,1-3H3,(H,32,37)(H,34,36);3-12,14,36H,13,15H2,1-2H3,(H,32,38)(H,34,37). The number of ether oxygens (including phenoxy) is 3. The predicted octanol–water partition coefficient (Wildman–Crippen LogP) is 12.3. The van der Waals surface area contributed by atoms with Crippen molar-refractivity contribution in [3.8, 4) is 22.9 Å². The number of carbonyl (C=O) groups is 4. The van der Waals surface area contributed by atoms with Crippen LogP contribution in [0.4, 0.5) is 42.5 Å². The summed E-state index contributed by atoms with van der Waals surface area (Å²) in [6.45, 7) is 8.40. The highest BCUT2D eigenvalue weighted by Gasteiger charge is 2.32. The third-order valence-corrected chi connectivity index (χ3v) is 11.8. The number of anilines is 2. The number of aromatic nitrogens is 4. The molecular formula is C54H48Cl2F6N8O8. The van der Waals surface area contributed by atoms with Gasteiger partial charge in [-0.3, -0.25) is 14.4 Å². The summed E-state index contributed by atoms with van der Waals surface area (Å²) in [6, 6.07) is 30.4. The first-order chi connectivity index (χ1) is 36.7. The van der Waals surface area contributed by atoms with Crippen molar-refractivity contribution in [1.29, 1.82) is 0 Å². The minimum atomic E-state index is -4.83. The second kappa shape index (κ2) is 23.5. The molecule has 0 unspecified atom stereocenters. The zero-order valence-electron chi connectivity index (χ0n) is 41.9. The quantitative estimate of drug-likeness (QED) is 0.0653. The van der Waals surface area contributed by atoms with Crippen LogP contribution in [0.5, 0.6) is 11.5 Å². The summed E-state index contributed by atoms with van der Waals surface area (Å²) in [7, 11) is 0. The van der Waals surface area contributed by atoms with Gasteiger partial charge >= 0.3 is 18.8 Å². The van der Waals surface area contributed by atoms with E-state index in [0.29, 0.717) is 55.7 Å². The van der Waals surface area contributed by atoms with Crippen molar-refractivity contribution in [2.24, 2.45) is 5.41 Å². The van der Waals surface area contributed by atoms with Gasteiger partial charge in [-0.1, -0.05) is 59.6 Å². The molecule has 0 saturated carbocycles. The number of nitrogens with one attached hydrogen (secondary N) is 4. The molecule has 0 atom stereocenters. The number of aliphatic hydroxyl groups excluding tert-OH is 1. The Balaban J connectivity index is 0.000000226. The number of benzene rings is 6. The fourth-order valence-corrected chi connectivity index (χ4v) is 7.84. The van der Waals surface area contributed by atoms with Gasteiger partial charge in [0.15, 0.2) is 0 Å². The summed E-state index contributed by atoms with van der Waals surface area (Å²) in [5.41, 5.74) is 2.57. The number of aliphatic hydroxyl groups is 1. The lowest BCUT2D eigenvalue weighted by molar-refractivity contribution is -0.275. The SMILES string of the molecule is CC(C)(C)OC(=O)NCc1ccc(Cl)c(C(=O)Nc2cccc3c2cnn3-c2cccc(OC(F)(F)F)c2)c1.CC(C)(CO)C(=O)NCc1ccc(Cl)c(C(=O)Nc2cccc3c2cnn3-c2cccc(OC(F)(F)F)c2)c1. The van der Waals surface area contributed by atoms with Crippen LogP contribution in [-0.2, 0) is 22.6 Å². The van der Waals surface area contributed by atoms with E-state index in [2.05, 4.69) is 40.9 Å². The Morgan fingerprint density at radius 2 is 1.00 bits per heavy atom. The summed E-state index contributed by atoms with van der Waals surface area (Å²) in [5.74, 6) is -2.13. The predicted molar refractivity (Wildman–Crippen MR) is 280 cm³/mol. The van der Waals surface area contributed by atoms with Crippen molar-refractivity contribution < 1.29 is 64.8 Å². The number of fused-ring (bicyclic) bond motifs is 2. The molecule has 0 aliphatic carbocycles. The number of halogens is 8. The monoisotopic (exact) mass is 1120 g/mol. The van der Waals surface area contributed by atoms with Crippen molar-refractivity contribution in [1.82, 2.24) is 30.2 Å². The topological polar surface area (TPSA) is 200 Å². The number of carbonyl (C=O) groups excluding carboxylic acids is 4. The van der Waals surface area contributed by atoms with Crippen molar-refractivity contribution in [3.63, 3.8) is 0 Å². The molecule has 0 aliphatic heterocycles. The lowest BCUT2D eigenvalue weighted by Gasteiger charge is -2.20. The molecule has 0 saturated heterocycles. The Bertz CT molecular complexity index is 3520. The van der Waals surface area contributed by atoms with Crippen LogP contribution in [0.3, 0.4) is 0 Å². The van der Waals surface area contributed by atoms with E-state index in [1.165, 1.54) is 58.2 Å². The van der Waals surface area contributed by atoms with E-state index >= 15 is 0 Å². The van der Waals surface area contributed by atoms with Crippen molar-refractivity contribution in [2.45, 2.75) is 66.0 Å². The molecule has 4 amide bonds. The molecule has 8 aromatic rings. The number of nitrogens with zero attached hydrogens (tertiary/aromatic N) is 4. The van der Waals surface area contributed by atoms with Crippen LogP contribution < -0.4 is 30.7 Å². The second-order valence-corrected chi connectivity index (χ2v) is 19.6. The van der Waals surface area contributed by atoms with Crippen LogP contribution in [-0.4, -0.2) is 73.4 Å². The average Bonchev–Trinajstić information content (AvgIpc) is 4.17. The van der Waals surface area contributed by atoms with E-state index in [1.54, 1.807) is 120 Å². The molecule has 6 aromatic carbocycles. The Morgan fingerprint density at radius 1 is 0.577 bits per heavy atom. The zero-order chi connectivity index (χ0) is 56.7. The van der Waals surface area contributed by atoms with E-state index in [0.717, 1.165) is 0 Å². The molecule has 8 rings (SSSR count). The number of rotatable bonds is 14. The van der Waals surface area contributed by atoms with E-state index in [-0.39, 0.29) is 52.5 Å². The molecule has 16 nitrogen and oxygen atoms in total.